The van der Waals surface area contributed by atoms with Gasteiger partial charge in [-0.05, 0) is 23.8 Å². The van der Waals surface area contributed by atoms with Crippen molar-refractivity contribution in [2.75, 3.05) is 0 Å². The van der Waals surface area contributed by atoms with Crippen molar-refractivity contribution in [1.82, 2.24) is 18.9 Å². The fourth-order valence-corrected chi connectivity index (χ4v) is 5.23. The van der Waals surface area contributed by atoms with Crippen LogP contribution in [0, 0.1) is 10.1 Å². The Morgan fingerprint density at radius 1 is 0.929 bits per heavy atom. The monoisotopic (exact) mass is 555 g/mol. The van der Waals surface area contributed by atoms with E-state index in [1.807, 2.05) is 84.9 Å². The van der Waals surface area contributed by atoms with E-state index >= 15 is 0 Å². The first kappa shape index (κ1) is 24.9. The Labute approximate surface area is 237 Å². The third kappa shape index (κ3) is 4.07. The molecule has 0 bridgehead atoms. The maximum atomic E-state index is 13.9. The number of H-pyrrole nitrogens is 1. The quantitative estimate of drug-likeness (QED) is 0.129. The second-order valence-electron chi connectivity index (χ2n) is 9.69. The number of non-ortho nitro benzene ring substituents is 1. The van der Waals surface area contributed by atoms with Crippen molar-refractivity contribution in [3.63, 3.8) is 0 Å². The number of hydrogen-bond donors (Lipinski definition) is 2. The zero-order chi connectivity index (χ0) is 28.8. The molecule has 7 aromatic rings. The molecule has 3 heterocycles. The Hall–Kier alpha value is -6.10. The number of azo groups is 1. The van der Waals surface area contributed by atoms with E-state index in [4.69, 9.17) is 4.98 Å². The summed E-state index contributed by atoms with van der Waals surface area (Å²) in [7, 11) is 0. The van der Waals surface area contributed by atoms with Crippen LogP contribution in [0.25, 0.3) is 39.0 Å². The van der Waals surface area contributed by atoms with Gasteiger partial charge in [-0.15, -0.1) is 10.2 Å². The molecular weight excluding hydrogens is 534 g/mol. The molecule has 0 fully saturated rings. The average molecular weight is 556 g/mol. The van der Waals surface area contributed by atoms with Crippen LogP contribution in [0.1, 0.15) is 16.1 Å². The maximum absolute atomic E-state index is 13.9. The molecule has 0 aliphatic heterocycles. The molecule has 0 atom stereocenters. The van der Waals surface area contributed by atoms with Crippen molar-refractivity contribution in [3.05, 3.63) is 124 Å². The minimum atomic E-state index is -0.692. The van der Waals surface area contributed by atoms with Gasteiger partial charge in [-0.3, -0.25) is 19.3 Å². The number of aromatic amines is 1. The van der Waals surface area contributed by atoms with Gasteiger partial charge in [0.2, 0.25) is 11.7 Å². The number of nitrogens with one attached hydrogen (secondary N) is 1. The molecule has 11 heteroatoms. The van der Waals surface area contributed by atoms with Crippen LogP contribution >= 0.6 is 0 Å². The molecule has 0 radical (unpaired) electrons. The highest BCUT2D eigenvalue weighted by molar-refractivity contribution is 6.03. The van der Waals surface area contributed by atoms with Crippen molar-refractivity contribution in [2.24, 2.45) is 10.2 Å². The summed E-state index contributed by atoms with van der Waals surface area (Å²) < 4.78 is 3.83. The van der Waals surface area contributed by atoms with Crippen molar-refractivity contribution < 1.29 is 14.8 Å². The van der Waals surface area contributed by atoms with Gasteiger partial charge < -0.3 is 14.7 Å². The fraction of sp³-hybridized carbons (Fsp3) is 0.0323. The lowest BCUT2D eigenvalue weighted by molar-refractivity contribution is -0.384. The van der Waals surface area contributed by atoms with Gasteiger partial charge in [0.05, 0.1) is 28.0 Å². The lowest BCUT2D eigenvalue weighted by Gasteiger charge is -2.05. The van der Waals surface area contributed by atoms with E-state index in [0.717, 1.165) is 22.2 Å². The van der Waals surface area contributed by atoms with Crippen LogP contribution in [0.5, 0.6) is 5.88 Å². The van der Waals surface area contributed by atoms with Crippen LogP contribution in [-0.2, 0) is 6.54 Å². The van der Waals surface area contributed by atoms with Crippen LogP contribution in [0.3, 0.4) is 0 Å². The molecule has 42 heavy (non-hydrogen) atoms. The lowest BCUT2D eigenvalue weighted by Crippen LogP contribution is -2.02. The molecule has 0 aliphatic carbocycles. The number of rotatable bonds is 6. The molecule has 4 aromatic carbocycles. The van der Waals surface area contributed by atoms with Gasteiger partial charge in [0, 0.05) is 23.1 Å². The predicted octanol–water partition coefficient (Wildman–Crippen LogP) is 7.02. The largest absolute Gasteiger partial charge is 0.493 e. The number of amides is 1. The van der Waals surface area contributed by atoms with E-state index in [1.54, 1.807) is 4.40 Å². The number of fused-ring (bicyclic) bond motifs is 4. The van der Waals surface area contributed by atoms with Crippen LogP contribution < -0.4 is 0 Å². The van der Waals surface area contributed by atoms with Crippen molar-refractivity contribution in [2.45, 2.75) is 6.54 Å². The average Bonchev–Trinajstić information content (AvgIpc) is 3.65. The number of imidazole rings is 2. The zero-order valence-corrected chi connectivity index (χ0v) is 21.9. The van der Waals surface area contributed by atoms with Gasteiger partial charge in [-0.25, -0.2) is 4.98 Å². The van der Waals surface area contributed by atoms with Crippen LogP contribution in [0.4, 0.5) is 11.4 Å². The fourth-order valence-electron chi connectivity index (χ4n) is 5.23. The zero-order valence-electron chi connectivity index (χ0n) is 21.9. The molecule has 0 unspecified atom stereocenters. The van der Waals surface area contributed by atoms with Gasteiger partial charge in [0.15, 0.2) is 5.69 Å². The molecular formula is C31H21N7O4. The Morgan fingerprint density at radius 3 is 2.36 bits per heavy atom. The Balaban J connectivity index is 1.42. The number of nitro benzene ring substituents is 1. The molecule has 204 valence electrons. The van der Waals surface area contributed by atoms with Gasteiger partial charge in [-0.2, -0.15) is 0 Å². The molecule has 0 spiro atoms. The summed E-state index contributed by atoms with van der Waals surface area (Å²) in [6.07, 6.45) is 0. The number of carbonyl (C=O) groups excluding carboxylic acids is 1. The van der Waals surface area contributed by atoms with E-state index in [2.05, 4.69) is 19.8 Å². The van der Waals surface area contributed by atoms with Crippen molar-refractivity contribution in [3.8, 4) is 17.1 Å². The molecule has 3 aromatic heterocycles. The topological polar surface area (TPSA) is 143 Å². The summed E-state index contributed by atoms with van der Waals surface area (Å²) in [6.45, 7) is 0.528. The van der Waals surface area contributed by atoms with Crippen LogP contribution in [-0.4, -0.2) is 34.9 Å². The highest BCUT2D eigenvalue weighted by Gasteiger charge is 2.26. The molecule has 0 saturated carbocycles. The number of nitrogens with zero attached hydrogens (tertiary/aromatic N) is 6. The predicted molar refractivity (Wildman–Crippen MR) is 157 cm³/mol. The Morgan fingerprint density at radius 2 is 1.62 bits per heavy atom. The summed E-state index contributed by atoms with van der Waals surface area (Å²) >= 11 is 0. The third-order valence-corrected chi connectivity index (χ3v) is 7.14. The molecule has 0 saturated heterocycles. The summed E-state index contributed by atoms with van der Waals surface area (Å²) in [5.41, 5.74) is 4.24. The number of nitro groups is 1. The molecule has 7 rings (SSSR count). The summed E-state index contributed by atoms with van der Waals surface area (Å²) in [4.78, 5) is 32.4. The Bertz CT molecular complexity index is 2180. The molecule has 11 nitrogen and oxygen atoms in total. The van der Waals surface area contributed by atoms with Gasteiger partial charge in [0.25, 0.3) is 5.69 Å². The lowest BCUT2D eigenvalue weighted by atomic mass is 10.1. The van der Waals surface area contributed by atoms with Gasteiger partial charge in [-0.1, -0.05) is 72.8 Å². The number of benzene rings is 4. The molecule has 1 amide bonds. The summed E-state index contributed by atoms with van der Waals surface area (Å²) in [6, 6.07) is 31.1. The number of carbonyl (C=O) groups is 1. The third-order valence-electron chi connectivity index (χ3n) is 7.14. The second kappa shape index (κ2) is 9.82. The smallest absolute Gasteiger partial charge is 0.314 e. The second-order valence-corrected chi connectivity index (χ2v) is 9.69. The van der Waals surface area contributed by atoms with Crippen molar-refractivity contribution >= 4 is 45.0 Å². The standard InChI is InChI=1S/C31H21N7O4/c39-29-27(22-17-21(38(41)42)15-16-23(22)32-29)34-35-30(40)28-26(20-11-5-2-6-12-20)33-31-36(18-19-9-3-1-4-10-19)24-13-7-8-14-25(24)37(28)31/h1-17,32,39H,18H2. The van der Waals surface area contributed by atoms with E-state index in [9.17, 15) is 20.0 Å². The van der Waals surface area contributed by atoms with E-state index in [0.29, 0.717) is 23.5 Å². The number of para-hydroxylation sites is 2. The van der Waals surface area contributed by atoms with E-state index < -0.39 is 10.8 Å². The van der Waals surface area contributed by atoms with E-state index in [-0.39, 0.29) is 28.3 Å². The normalized spacial score (nSPS) is 11.7. The SMILES string of the molecule is O=C(N=Nc1c(O)[nH]c2ccc([N+](=O)[O-])cc12)c1c(-c2ccccc2)nc2n(Cc3ccccc3)c3ccccc3n12. The maximum Gasteiger partial charge on any atom is 0.314 e. The highest BCUT2D eigenvalue weighted by Crippen LogP contribution is 2.38. The van der Waals surface area contributed by atoms with Crippen LogP contribution in [0.2, 0.25) is 0 Å². The first-order valence-electron chi connectivity index (χ1n) is 13.0. The van der Waals surface area contributed by atoms with Gasteiger partial charge in [0.1, 0.15) is 11.4 Å². The first-order chi connectivity index (χ1) is 20.5. The van der Waals surface area contributed by atoms with Gasteiger partial charge >= 0.3 is 5.91 Å². The highest BCUT2D eigenvalue weighted by atomic mass is 16.6. The minimum Gasteiger partial charge on any atom is -0.493 e. The summed E-state index contributed by atoms with van der Waals surface area (Å²) in [5.74, 6) is -0.491. The number of aromatic nitrogens is 4. The van der Waals surface area contributed by atoms with Crippen LogP contribution in [0.15, 0.2) is 113 Å². The molecule has 0 aliphatic rings. The van der Waals surface area contributed by atoms with Crippen molar-refractivity contribution in [1.29, 1.82) is 0 Å². The Kier molecular flexibility index (Phi) is 5.82. The number of hydrogen-bond acceptors (Lipinski definition) is 6. The minimum absolute atomic E-state index is 0.0735. The first-order valence-corrected chi connectivity index (χ1v) is 13.0. The molecule has 2 N–H and O–H groups in total. The number of aromatic hydroxyl groups is 1. The van der Waals surface area contributed by atoms with E-state index in [1.165, 1.54) is 18.2 Å². The summed E-state index contributed by atoms with van der Waals surface area (Å²) in [5, 5.41) is 30.1.